The van der Waals surface area contributed by atoms with E-state index in [0.717, 1.165) is 24.4 Å². The Morgan fingerprint density at radius 3 is 2.39 bits per heavy atom. The molecule has 0 bridgehead atoms. The highest BCUT2D eigenvalue weighted by Crippen LogP contribution is 2.32. The predicted octanol–water partition coefficient (Wildman–Crippen LogP) is 5.15. The number of hydrogen-bond donors (Lipinski definition) is 1. The van der Waals surface area contributed by atoms with Crippen LogP contribution in [0.3, 0.4) is 0 Å². The Labute approximate surface area is 115 Å². The fraction of sp³-hybridized carbons (Fsp3) is 1.00. The van der Waals surface area contributed by atoms with E-state index in [1.807, 2.05) is 0 Å². The highest BCUT2D eigenvalue weighted by molar-refractivity contribution is 4.83. The zero-order valence-electron chi connectivity index (χ0n) is 13.0. The standard InChI is InChI=1S/C17H35N/c1-4-6-7-8-9-10-11-16-14-15(3)12-13-17(16)18-5-2/h15-18H,4-14H2,1-3H3. The fourth-order valence-electron chi connectivity index (χ4n) is 3.54. The van der Waals surface area contributed by atoms with Gasteiger partial charge in [-0.25, -0.2) is 0 Å². The van der Waals surface area contributed by atoms with E-state index < -0.39 is 0 Å². The van der Waals surface area contributed by atoms with E-state index >= 15 is 0 Å². The van der Waals surface area contributed by atoms with Crippen molar-refractivity contribution in [2.75, 3.05) is 6.54 Å². The molecular formula is C17H35N. The average molecular weight is 253 g/mol. The molecule has 0 aromatic carbocycles. The summed E-state index contributed by atoms with van der Waals surface area (Å²) < 4.78 is 0. The third-order valence-corrected chi connectivity index (χ3v) is 4.64. The lowest BCUT2D eigenvalue weighted by molar-refractivity contribution is 0.201. The van der Waals surface area contributed by atoms with Crippen LogP contribution in [0.4, 0.5) is 0 Å². The van der Waals surface area contributed by atoms with E-state index in [0.29, 0.717) is 0 Å². The van der Waals surface area contributed by atoms with Gasteiger partial charge in [-0.3, -0.25) is 0 Å². The maximum absolute atomic E-state index is 3.72. The molecule has 0 aromatic rings. The SMILES string of the molecule is CCCCCCCCC1CC(C)CCC1NCC. The minimum absolute atomic E-state index is 0.821. The largest absolute Gasteiger partial charge is 0.314 e. The Hall–Kier alpha value is -0.0400. The summed E-state index contributed by atoms with van der Waals surface area (Å²) in [5.74, 6) is 1.92. The van der Waals surface area contributed by atoms with Gasteiger partial charge in [0.2, 0.25) is 0 Å². The molecule has 1 rings (SSSR count). The first-order valence-electron chi connectivity index (χ1n) is 8.51. The smallest absolute Gasteiger partial charge is 0.00954 e. The summed E-state index contributed by atoms with van der Waals surface area (Å²) in [4.78, 5) is 0. The third-order valence-electron chi connectivity index (χ3n) is 4.64. The normalized spacial score (nSPS) is 28.5. The van der Waals surface area contributed by atoms with Gasteiger partial charge in [0.15, 0.2) is 0 Å². The lowest BCUT2D eigenvalue weighted by atomic mass is 9.76. The van der Waals surface area contributed by atoms with Crippen molar-refractivity contribution in [1.29, 1.82) is 0 Å². The quantitative estimate of drug-likeness (QED) is 0.560. The van der Waals surface area contributed by atoms with Gasteiger partial charge in [0.05, 0.1) is 0 Å². The summed E-state index contributed by atoms with van der Waals surface area (Å²) in [5, 5.41) is 3.72. The van der Waals surface area contributed by atoms with Crippen LogP contribution in [0.15, 0.2) is 0 Å². The minimum Gasteiger partial charge on any atom is -0.314 e. The van der Waals surface area contributed by atoms with Crippen LogP contribution in [0.25, 0.3) is 0 Å². The van der Waals surface area contributed by atoms with Gasteiger partial charge in [-0.1, -0.05) is 59.3 Å². The Morgan fingerprint density at radius 2 is 1.67 bits per heavy atom. The molecule has 1 heteroatoms. The molecule has 1 aliphatic carbocycles. The molecule has 1 nitrogen and oxygen atoms in total. The lowest BCUT2D eigenvalue weighted by Gasteiger charge is -2.35. The van der Waals surface area contributed by atoms with Gasteiger partial charge < -0.3 is 5.32 Å². The Morgan fingerprint density at radius 1 is 0.944 bits per heavy atom. The van der Waals surface area contributed by atoms with Crippen molar-refractivity contribution in [1.82, 2.24) is 5.32 Å². The molecule has 1 saturated carbocycles. The molecule has 108 valence electrons. The number of hydrogen-bond acceptors (Lipinski definition) is 1. The number of unbranched alkanes of at least 4 members (excludes halogenated alkanes) is 5. The van der Waals surface area contributed by atoms with Crippen LogP contribution in [0.1, 0.15) is 85.0 Å². The Kier molecular flexibility index (Phi) is 8.75. The van der Waals surface area contributed by atoms with Gasteiger partial charge in [-0.05, 0) is 44.1 Å². The molecule has 0 heterocycles. The topological polar surface area (TPSA) is 12.0 Å². The third kappa shape index (κ3) is 6.22. The van der Waals surface area contributed by atoms with Gasteiger partial charge in [-0.15, -0.1) is 0 Å². The average Bonchev–Trinajstić information content (AvgIpc) is 2.37. The summed E-state index contributed by atoms with van der Waals surface area (Å²) in [6.45, 7) is 8.13. The van der Waals surface area contributed by atoms with Crippen LogP contribution in [0.2, 0.25) is 0 Å². The van der Waals surface area contributed by atoms with Crippen LogP contribution in [0.5, 0.6) is 0 Å². The van der Waals surface area contributed by atoms with E-state index in [9.17, 15) is 0 Å². The van der Waals surface area contributed by atoms with Crippen LogP contribution >= 0.6 is 0 Å². The number of nitrogens with one attached hydrogen (secondary N) is 1. The first-order chi connectivity index (χ1) is 8.77. The summed E-state index contributed by atoms with van der Waals surface area (Å²) in [6.07, 6.45) is 14.4. The molecule has 0 saturated heterocycles. The second-order valence-corrected chi connectivity index (χ2v) is 6.40. The van der Waals surface area contributed by atoms with E-state index in [4.69, 9.17) is 0 Å². The van der Waals surface area contributed by atoms with Crippen molar-refractivity contribution in [3.05, 3.63) is 0 Å². The van der Waals surface area contributed by atoms with Gasteiger partial charge >= 0.3 is 0 Å². The van der Waals surface area contributed by atoms with Gasteiger partial charge in [0.25, 0.3) is 0 Å². The van der Waals surface area contributed by atoms with Crippen molar-refractivity contribution in [2.45, 2.75) is 91.0 Å². The Bertz CT molecular complexity index is 190. The van der Waals surface area contributed by atoms with Gasteiger partial charge in [0.1, 0.15) is 0 Å². The number of rotatable bonds is 9. The van der Waals surface area contributed by atoms with Crippen LogP contribution in [0, 0.1) is 11.8 Å². The zero-order chi connectivity index (χ0) is 13.2. The molecule has 0 spiro atoms. The zero-order valence-corrected chi connectivity index (χ0v) is 13.0. The molecule has 1 N–H and O–H groups in total. The van der Waals surface area contributed by atoms with Crippen LogP contribution in [-0.4, -0.2) is 12.6 Å². The molecule has 1 aliphatic rings. The maximum Gasteiger partial charge on any atom is 0.00954 e. The highest BCUT2D eigenvalue weighted by atomic mass is 14.9. The van der Waals surface area contributed by atoms with Gasteiger partial charge in [0, 0.05) is 6.04 Å². The van der Waals surface area contributed by atoms with Crippen molar-refractivity contribution in [2.24, 2.45) is 11.8 Å². The lowest BCUT2D eigenvalue weighted by Crippen LogP contribution is -2.40. The molecule has 18 heavy (non-hydrogen) atoms. The molecule has 3 unspecified atom stereocenters. The van der Waals surface area contributed by atoms with Crippen LogP contribution < -0.4 is 5.32 Å². The minimum atomic E-state index is 0.821. The molecule has 0 amide bonds. The van der Waals surface area contributed by atoms with E-state index in [1.165, 1.54) is 64.2 Å². The first-order valence-corrected chi connectivity index (χ1v) is 8.51. The second kappa shape index (κ2) is 9.83. The fourth-order valence-corrected chi connectivity index (χ4v) is 3.54. The van der Waals surface area contributed by atoms with Crippen molar-refractivity contribution in [3.63, 3.8) is 0 Å². The Balaban J connectivity index is 2.15. The van der Waals surface area contributed by atoms with E-state index in [1.54, 1.807) is 0 Å². The molecule has 0 aliphatic heterocycles. The summed E-state index contributed by atoms with van der Waals surface area (Å²) >= 11 is 0. The van der Waals surface area contributed by atoms with E-state index in [2.05, 4.69) is 26.1 Å². The second-order valence-electron chi connectivity index (χ2n) is 6.40. The molecule has 0 aromatic heterocycles. The molecule has 3 atom stereocenters. The summed E-state index contributed by atoms with van der Waals surface area (Å²) in [7, 11) is 0. The first kappa shape index (κ1) is 16.0. The predicted molar refractivity (Wildman–Crippen MR) is 82.0 cm³/mol. The van der Waals surface area contributed by atoms with Gasteiger partial charge in [-0.2, -0.15) is 0 Å². The molecule has 0 radical (unpaired) electrons. The maximum atomic E-state index is 3.72. The molecular weight excluding hydrogens is 218 g/mol. The molecule has 1 fully saturated rings. The highest BCUT2D eigenvalue weighted by Gasteiger charge is 2.27. The summed E-state index contributed by atoms with van der Waals surface area (Å²) in [5.41, 5.74) is 0. The van der Waals surface area contributed by atoms with Crippen molar-refractivity contribution in [3.8, 4) is 0 Å². The van der Waals surface area contributed by atoms with Crippen molar-refractivity contribution >= 4 is 0 Å². The van der Waals surface area contributed by atoms with E-state index in [-0.39, 0.29) is 0 Å². The monoisotopic (exact) mass is 253 g/mol. The van der Waals surface area contributed by atoms with Crippen LogP contribution in [-0.2, 0) is 0 Å². The van der Waals surface area contributed by atoms with Crippen molar-refractivity contribution < 1.29 is 0 Å². The summed E-state index contributed by atoms with van der Waals surface area (Å²) in [6, 6.07) is 0.821.